The van der Waals surface area contributed by atoms with Gasteiger partial charge in [0, 0.05) is 30.4 Å². The molecule has 0 atom stereocenters. The van der Waals surface area contributed by atoms with E-state index in [4.69, 9.17) is 0 Å². The van der Waals surface area contributed by atoms with Gasteiger partial charge in [-0.3, -0.25) is 9.59 Å². The minimum Gasteiger partial charge on any atom is -0.354 e. The van der Waals surface area contributed by atoms with E-state index in [1.165, 1.54) is 13.3 Å². The van der Waals surface area contributed by atoms with E-state index >= 15 is 0 Å². The number of piperidine rings is 1. The van der Waals surface area contributed by atoms with Gasteiger partial charge in [0.2, 0.25) is 0 Å². The Morgan fingerprint density at radius 1 is 1.27 bits per heavy atom. The van der Waals surface area contributed by atoms with E-state index in [0.717, 1.165) is 43.7 Å². The van der Waals surface area contributed by atoms with Crippen LogP contribution in [0.1, 0.15) is 65.2 Å². The summed E-state index contributed by atoms with van der Waals surface area (Å²) in [5, 5.41) is 3.11. The molecule has 5 heteroatoms. The van der Waals surface area contributed by atoms with Gasteiger partial charge in [-0.25, -0.2) is 0 Å². The molecular formula is C17H27N3O2. The molecule has 1 aromatic heterocycles. The highest BCUT2D eigenvalue weighted by Crippen LogP contribution is 2.19. The molecule has 1 aliphatic rings. The van der Waals surface area contributed by atoms with Gasteiger partial charge >= 0.3 is 0 Å². The largest absolute Gasteiger partial charge is 0.354 e. The van der Waals surface area contributed by atoms with E-state index in [9.17, 15) is 9.59 Å². The van der Waals surface area contributed by atoms with Crippen molar-refractivity contribution in [3.63, 3.8) is 0 Å². The number of nitrogens with one attached hydrogen (secondary N) is 2. The summed E-state index contributed by atoms with van der Waals surface area (Å²) in [6.45, 7) is 10.6. The number of carbonyl (C=O) groups is 2. The molecule has 2 rings (SSSR count). The number of ketones is 1. The molecule has 1 amide bonds. The van der Waals surface area contributed by atoms with Crippen LogP contribution >= 0.6 is 0 Å². The summed E-state index contributed by atoms with van der Waals surface area (Å²) in [7, 11) is 0. The second-order valence-corrected chi connectivity index (χ2v) is 6.27. The lowest BCUT2D eigenvalue weighted by molar-refractivity contribution is 0.0906. The molecule has 0 radical (unpaired) electrons. The number of likely N-dealkylation sites (tertiary alicyclic amines) is 1. The quantitative estimate of drug-likeness (QED) is 0.821. The summed E-state index contributed by atoms with van der Waals surface area (Å²) in [4.78, 5) is 29.6. The molecule has 1 fully saturated rings. The lowest BCUT2D eigenvalue weighted by atomic mass is 10.0. The van der Waals surface area contributed by atoms with Crippen molar-refractivity contribution < 1.29 is 9.59 Å². The molecule has 2 N–H and O–H groups in total. The first-order valence-electron chi connectivity index (χ1n) is 8.17. The van der Waals surface area contributed by atoms with Crippen LogP contribution in [0, 0.1) is 13.8 Å². The highest BCUT2D eigenvalue weighted by atomic mass is 16.2. The number of hydrogen-bond acceptors (Lipinski definition) is 3. The predicted octanol–water partition coefficient (Wildman–Crippen LogP) is 2.44. The van der Waals surface area contributed by atoms with E-state index in [0.29, 0.717) is 11.3 Å². The van der Waals surface area contributed by atoms with Crippen molar-refractivity contribution in [1.82, 2.24) is 15.2 Å². The van der Waals surface area contributed by atoms with Gasteiger partial charge in [0.05, 0.1) is 0 Å². The van der Waals surface area contributed by atoms with Crippen molar-refractivity contribution in [3.8, 4) is 0 Å². The molecule has 122 valence electrons. The van der Waals surface area contributed by atoms with Crippen LogP contribution in [0.4, 0.5) is 0 Å². The van der Waals surface area contributed by atoms with Gasteiger partial charge in [-0.15, -0.1) is 0 Å². The van der Waals surface area contributed by atoms with E-state index in [1.54, 1.807) is 0 Å². The zero-order valence-corrected chi connectivity index (χ0v) is 14.1. The van der Waals surface area contributed by atoms with Gasteiger partial charge < -0.3 is 15.2 Å². The number of H-pyrrole nitrogens is 1. The van der Waals surface area contributed by atoms with Gasteiger partial charge in [0.25, 0.3) is 5.91 Å². The van der Waals surface area contributed by atoms with Crippen LogP contribution in [-0.4, -0.2) is 47.3 Å². The molecule has 0 unspecified atom stereocenters. The Kier molecular flexibility index (Phi) is 5.40. The van der Waals surface area contributed by atoms with Crippen LogP contribution in [0.5, 0.6) is 0 Å². The van der Waals surface area contributed by atoms with Crippen LogP contribution in [0.3, 0.4) is 0 Å². The number of hydrogen-bond donors (Lipinski definition) is 2. The van der Waals surface area contributed by atoms with Crippen molar-refractivity contribution in [3.05, 3.63) is 22.5 Å². The van der Waals surface area contributed by atoms with Gasteiger partial charge in [-0.2, -0.15) is 0 Å². The summed E-state index contributed by atoms with van der Waals surface area (Å²) in [5.74, 6) is -0.0970. The minimum absolute atomic E-state index is 0.00169. The standard InChI is InChI=1S/C17H27N3O2/c1-5-8-20-9-6-14(7-10-20)19-17(22)16-11(2)15(13(4)21)12(3)18-16/h14,18H,5-10H2,1-4H3,(H,19,22). The molecule has 0 saturated carbocycles. The molecule has 1 aromatic rings. The number of aromatic nitrogens is 1. The first-order valence-corrected chi connectivity index (χ1v) is 8.17. The lowest BCUT2D eigenvalue weighted by Crippen LogP contribution is -2.45. The smallest absolute Gasteiger partial charge is 0.268 e. The van der Waals surface area contributed by atoms with Gasteiger partial charge in [0.15, 0.2) is 5.78 Å². The normalized spacial score (nSPS) is 16.7. The third-order valence-corrected chi connectivity index (χ3v) is 4.48. The van der Waals surface area contributed by atoms with Crippen molar-refractivity contribution in [2.75, 3.05) is 19.6 Å². The van der Waals surface area contributed by atoms with E-state index in [1.807, 2.05) is 13.8 Å². The SMILES string of the molecule is CCCN1CCC(NC(=O)c2[nH]c(C)c(C(C)=O)c2C)CC1. The second kappa shape index (κ2) is 7.09. The number of aromatic amines is 1. The average Bonchev–Trinajstić information content (AvgIpc) is 2.76. The fourth-order valence-corrected chi connectivity index (χ4v) is 3.38. The zero-order chi connectivity index (χ0) is 16.3. The van der Waals surface area contributed by atoms with E-state index in [2.05, 4.69) is 22.1 Å². The van der Waals surface area contributed by atoms with Crippen LogP contribution < -0.4 is 5.32 Å². The monoisotopic (exact) mass is 305 g/mol. The first-order chi connectivity index (χ1) is 10.4. The summed E-state index contributed by atoms with van der Waals surface area (Å²) in [6, 6.07) is 0.226. The Morgan fingerprint density at radius 2 is 1.91 bits per heavy atom. The summed E-state index contributed by atoms with van der Waals surface area (Å²) in [5.41, 5.74) is 2.69. The maximum absolute atomic E-state index is 12.5. The summed E-state index contributed by atoms with van der Waals surface area (Å²) < 4.78 is 0. The number of amides is 1. The Bertz CT molecular complexity index is 554. The average molecular weight is 305 g/mol. The molecule has 0 spiro atoms. The fourth-order valence-electron chi connectivity index (χ4n) is 3.38. The maximum atomic E-state index is 12.5. The molecular weight excluding hydrogens is 278 g/mol. The van der Waals surface area contributed by atoms with Crippen molar-refractivity contribution >= 4 is 11.7 Å². The van der Waals surface area contributed by atoms with Crippen LogP contribution in [-0.2, 0) is 0 Å². The summed E-state index contributed by atoms with van der Waals surface area (Å²) >= 11 is 0. The first kappa shape index (κ1) is 16.7. The molecule has 1 saturated heterocycles. The Hall–Kier alpha value is -1.62. The zero-order valence-electron chi connectivity index (χ0n) is 14.1. The number of carbonyl (C=O) groups excluding carboxylic acids is 2. The highest BCUT2D eigenvalue weighted by Gasteiger charge is 2.24. The Balaban J connectivity index is 1.99. The molecule has 0 aliphatic carbocycles. The van der Waals surface area contributed by atoms with Crippen LogP contribution in [0.15, 0.2) is 0 Å². The molecule has 2 heterocycles. The molecule has 22 heavy (non-hydrogen) atoms. The maximum Gasteiger partial charge on any atom is 0.268 e. The molecule has 5 nitrogen and oxygen atoms in total. The van der Waals surface area contributed by atoms with Crippen molar-refractivity contribution in [2.45, 2.75) is 53.0 Å². The predicted molar refractivity (Wildman–Crippen MR) is 87.5 cm³/mol. The Morgan fingerprint density at radius 3 is 2.41 bits per heavy atom. The van der Waals surface area contributed by atoms with E-state index in [-0.39, 0.29) is 17.7 Å². The molecule has 0 bridgehead atoms. The number of rotatable bonds is 5. The van der Waals surface area contributed by atoms with E-state index < -0.39 is 0 Å². The minimum atomic E-state index is -0.0953. The van der Waals surface area contributed by atoms with Gasteiger partial charge in [-0.1, -0.05) is 6.92 Å². The van der Waals surface area contributed by atoms with Gasteiger partial charge in [0.1, 0.15) is 5.69 Å². The number of Topliss-reactive ketones (excluding diaryl/α,β-unsaturated/α-hetero) is 1. The fraction of sp³-hybridized carbons (Fsp3) is 0.647. The van der Waals surface area contributed by atoms with Crippen LogP contribution in [0.2, 0.25) is 0 Å². The van der Waals surface area contributed by atoms with Crippen molar-refractivity contribution in [2.24, 2.45) is 0 Å². The number of nitrogens with zero attached hydrogens (tertiary/aromatic N) is 1. The van der Waals surface area contributed by atoms with Crippen molar-refractivity contribution in [1.29, 1.82) is 0 Å². The van der Waals surface area contributed by atoms with Gasteiger partial charge in [-0.05, 0) is 52.1 Å². The molecule has 1 aliphatic heterocycles. The third kappa shape index (κ3) is 3.58. The highest BCUT2D eigenvalue weighted by molar-refractivity contribution is 6.02. The summed E-state index contributed by atoms with van der Waals surface area (Å²) in [6.07, 6.45) is 3.15. The Labute approximate surface area is 132 Å². The second-order valence-electron chi connectivity index (χ2n) is 6.27. The topological polar surface area (TPSA) is 65.2 Å². The number of aryl methyl sites for hydroxylation is 1. The third-order valence-electron chi connectivity index (χ3n) is 4.48. The molecule has 0 aromatic carbocycles. The lowest BCUT2D eigenvalue weighted by Gasteiger charge is -2.32. The van der Waals surface area contributed by atoms with Crippen LogP contribution in [0.25, 0.3) is 0 Å².